The summed E-state index contributed by atoms with van der Waals surface area (Å²) in [6.45, 7) is 1.39. The summed E-state index contributed by atoms with van der Waals surface area (Å²) in [7, 11) is 0. The Morgan fingerprint density at radius 1 is 1.07 bits per heavy atom. The minimum atomic E-state index is -4.39. The van der Waals surface area contributed by atoms with Gasteiger partial charge in [0.05, 0.1) is 11.5 Å². The monoisotopic (exact) mass is 404 g/mol. The molecular formula is C21H19F3N2O3. The molecule has 0 radical (unpaired) electrons. The molecule has 0 bridgehead atoms. The van der Waals surface area contributed by atoms with Crippen LogP contribution < -0.4 is 10.1 Å². The van der Waals surface area contributed by atoms with E-state index in [0.717, 1.165) is 23.3 Å². The average molecular weight is 404 g/mol. The minimum Gasteiger partial charge on any atom is -0.457 e. The zero-order chi connectivity index (χ0) is 20.6. The highest BCUT2D eigenvalue weighted by Crippen LogP contribution is 2.32. The van der Waals surface area contributed by atoms with Gasteiger partial charge in [-0.3, -0.25) is 9.59 Å². The summed E-state index contributed by atoms with van der Waals surface area (Å²) in [4.78, 5) is 25.8. The number of carbonyl (C=O) groups excluding carboxylic acids is 2. The molecule has 2 amide bonds. The molecule has 1 saturated heterocycles. The van der Waals surface area contributed by atoms with Crippen LogP contribution in [0.3, 0.4) is 0 Å². The van der Waals surface area contributed by atoms with Gasteiger partial charge >= 0.3 is 6.18 Å². The van der Waals surface area contributed by atoms with Crippen molar-refractivity contribution in [1.29, 1.82) is 0 Å². The van der Waals surface area contributed by atoms with E-state index in [9.17, 15) is 22.8 Å². The van der Waals surface area contributed by atoms with Crippen LogP contribution >= 0.6 is 0 Å². The third kappa shape index (κ3) is 4.21. The van der Waals surface area contributed by atoms with Crippen LogP contribution in [0.4, 0.5) is 13.2 Å². The fourth-order valence-corrected chi connectivity index (χ4v) is 3.67. The zero-order valence-electron chi connectivity index (χ0n) is 15.5. The van der Waals surface area contributed by atoms with Crippen LogP contribution in [0.15, 0.2) is 42.5 Å². The van der Waals surface area contributed by atoms with E-state index in [1.54, 1.807) is 11.0 Å². The second kappa shape index (κ2) is 7.42. The topological polar surface area (TPSA) is 58.6 Å². The first-order valence-corrected chi connectivity index (χ1v) is 9.32. The lowest BCUT2D eigenvalue weighted by Crippen LogP contribution is -2.40. The number of halogens is 3. The van der Waals surface area contributed by atoms with Crippen LogP contribution in [0.25, 0.3) is 0 Å². The van der Waals surface area contributed by atoms with Crippen molar-refractivity contribution in [3.63, 3.8) is 0 Å². The molecule has 2 aliphatic heterocycles. The Morgan fingerprint density at radius 3 is 2.45 bits per heavy atom. The molecular weight excluding hydrogens is 385 g/mol. The molecule has 0 spiro atoms. The Morgan fingerprint density at radius 2 is 1.79 bits per heavy atom. The molecule has 1 fully saturated rings. The molecule has 0 saturated carbocycles. The van der Waals surface area contributed by atoms with Crippen molar-refractivity contribution in [2.45, 2.75) is 25.6 Å². The minimum absolute atomic E-state index is 0.0388. The summed E-state index contributed by atoms with van der Waals surface area (Å²) >= 11 is 0. The molecule has 4 rings (SSSR count). The first-order valence-electron chi connectivity index (χ1n) is 9.32. The number of amides is 2. The van der Waals surface area contributed by atoms with Gasteiger partial charge in [-0.1, -0.05) is 6.07 Å². The zero-order valence-corrected chi connectivity index (χ0v) is 15.5. The molecule has 5 nitrogen and oxygen atoms in total. The first kappa shape index (κ1) is 19.3. The van der Waals surface area contributed by atoms with Gasteiger partial charge in [0.2, 0.25) is 11.8 Å². The lowest BCUT2D eigenvalue weighted by Gasteiger charge is -2.30. The van der Waals surface area contributed by atoms with Crippen molar-refractivity contribution in [3.8, 4) is 11.5 Å². The Hall–Kier alpha value is -3.03. The number of hydrogen-bond donors (Lipinski definition) is 1. The van der Waals surface area contributed by atoms with Gasteiger partial charge in [-0.05, 0) is 53.9 Å². The fourth-order valence-electron chi connectivity index (χ4n) is 3.67. The predicted octanol–water partition coefficient (Wildman–Crippen LogP) is 3.52. The number of benzene rings is 2. The summed E-state index contributed by atoms with van der Waals surface area (Å²) in [5.74, 6) is 0.333. The van der Waals surface area contributed by atoms with E-state index >= 15 is 0 Å². The molecule has 2 heterocycles. The van der Waals surface area contributed by atoms with E-state index in [-0.39, 0.29) is 24.2 Å². The van der Waals surface area contributed by atoms with Gasteiger partial charge < -0.3 is 15.0 Å². The van der Waals surface area contributed by atoms with E-state index in [0.29, 0.717) is 37.6 Å². The van der Waals surface area contributed by atoms with Crippen LogP contribution in [-0.2, 0) is 28.7 Å². The van der Waals surface area contributed by atoms with Crippen LogP contribution in [0.1, 0.15) is 23.1 Å². The quantitative estimate of drug-likeness (QED) is 0.852. The maximum absolute atomic E-state index is 12.7. The van der Waals surface area contributed by atoms with Crippen molar-refractivity contribution >= 4 is 11.8 Å². The highest BCUT2D eigenvalue weighted by atomic mass is 19.4. The molecule has 1 unspecified atom stereocenters. The van der Waals surface area contributed by atoms with Gasteiger partial charge in [-0.25, -0.2) is 0 Å². The number of rotatable bonds is 3. The third-order valence-corrected chi connectivity index (χ3v) is 5.25. The van der Waals surface area contributed by atoms with E-state index in [1.807, 2.05) is 12.1 Å². The maximum atomic E-state index is 12.7. The summed E-state index contributed by atoms with van der Waals surface area (Å²) in [6.07, 6.45) is -3.46. The Labute approximate surface area is 165 Å². The molecule has 152 valence electrons. The molecule has 2 aliphatic rings. The van der Waals surface area contributed by atoms with E-state index in [2.05, 4.69) is 5.32 Å². The molecule has 2 aromatic rings. The van der Waals surface area contributed by atoms with Crippen molar-refractivity contribution in [1.82, 2.24) is 10.2 Å². The van der Waals surface area contributed by atoms with E-state index < -0.39 is 11.7 Å². The van der Waals surface area contributed by atoms with Gasteiger partial charge in [0.25, 0.3) is 0 Å². The second-order valence-electron chi connectivity index (χ2n) is 7.27. The highest BCUT2D eigenvalue weighted by Gasteiger charge is 2.33. The average Bonchev–Trinajstić information content (AvgIpc) is 3.13. The van der Waals surface area contributed by atoms with Gasteiger partial charge in [0.15, 0.2) is 0 Å². The molecule has 29 heavy (non-hydrogen) atoms. The number of ether oxygens (including phenoxy) is 1. The fraction of sp³-hybridized carbons (Fsp3) is 0.333. The van der Waals surface area contributed by atoms with Gasteiger partial charge in [0, 0.05) is 26.1 Å². The maximum Gasteiger partial charge on any atom is 0.416 e. The molecule has 2 aromatic carbocycles. The van der Waals surface area contributed by atoms with Crippen LogP contribution in [-0.4, -0.2) is 29.8 Å². The van der Waals surface area contributed by atoms with Gasteiger partial charge in [-0.2, -0.15) is 13.2 Å². The standard InChI is InChI=1S/C21H19F3N2O3/c22-21(23,24)16-2-5-17(6-3-16)29-18-4-1-13-7-8-26(12-15(13)9-18)20(28)14-10-19(27)25-11-14/h1-6,9,14H,7-8,10-12H2,(H,25,27). The predicted molar refractivity (Wildman–Crippen MR) is 98.2 cm³/mol. The van der Waals surface area contributed by atoms with Crippen LogP contribution in [0, 0.1) is 5.92 Å². The Bertz CT molecular complexity index is 941. The summed E-state index contributed by atoms with van der Waals surface area (Å²) < 4.78 is 43.7. The summed E-state index contributed by atoms with van der Waals surface area (Å²) in [5, 5.41) is 2.68. The van der Waals surface area contributed by atoms with Gasteiger partial charge in [-0.15, -0.1) is 0 Å². The Balaban J connectivity index is 1.46. The number of alkyl halides is 3. The lowest BCUT2D eigenvalue weighted by molar-refractivity contribution is -0.137. The van der Waals surface area contributed by atoms with Crippen molar-refractivity contribution in [2.24, 2.45) is 5.92 Å². The molecule has 0 aliphatic carbocycles. The van der Waals surface area contributed by atoms with E-state index in [1.165, 1.54) is 12.1 Å². The van der Waals surface area contributed by atoms with Crippen molar-refractivity contribution in [2.75, 3.05) is 13.1 Å². The number of carbonyl (C=O) groups is 2. The number of nitrogens with zero attached hydrogens (tertiary/aromatic N) is 1. The van der Waals surface area contributed by atoms with Crippen LogP contribution in [0.2, 0.25) is 0 Å². The summed E-state index contributed by atoms with van der Waals surface area (Å²) in [5.41, 5.74) is 1.31. The lowest BCUT2D eigenvalue weighted by atomic mass is 9.97. The van der Waals surface area contributed by atoms with E-state index in [4.69, 9.17) is 4.74 Å². The molecule has 1 N–H and O–H groups in total. The number of hydrogen-bond acceptors (Lipinski definition) is 3. The third-order valence-electron chi connectivity index (χ3n) is 5.25. The molecule has 1 atom stereocenters. The normalized spacial score (nSPS) is 18.9. The van der Waals surface area contributed by atoms with Gasteiger partial charge in [0.1, 0.15) is 11.5 Å². The SMILES string of the molecule is O=C1CC(C(=O)N2CCc3ccc(Oc4ccc(C(F)(F)F)cc4)cc3C2)CN1. The largest absolute Gasteiger partial charge is 0.457 e. The Kier molecular flexibility index (Phi) is 4.94. The first-order chi connectivity index (χ1) is 13.8. The van der Waals surface area contributed by atoms with Crippen LogP contribution in [0.5, 0.6) is 11.5 Å². The highest BCUT2D eigenvalue weighted by molar-refractivity contribution is 5.89. The van der Waals surface area contributed by atoms with Crippen molar-refractivity contribution < 1.29 is 27.5 Å². The smallest absolute Gasteiger partial charge is 0.416 e. The number of nitrogens with one attached hydrogen (secondary N) is 1. The second-order valence-corrected chi connectivity index (χ2v) is 7.27. The summed E-state index contributed by atoms with van der Waals surface area (Å²) in [6, 6.07) is 10.0. The van der Waals surface area contributed by atoms with Crippen molar-refractivity contribution in [3.05, 3.63) is 59.2 Å². The molecule has 8 heteroatoms. The number of fused-ring (bicyclic) bond motifs is 1. The molecule has 0 aromatic heterocycles.